The summed E-state index contributed by atoms with van der Waals surface area (Å²) in [6.07, 6.45) is 0. The molecular formula is C14H19FN2O2. The average Bonchev–Trinajstić information content (AvgIpc) is 2.38. The summed E-state index contributed by atoms with van der Waals surface area (Å²) < 4.78 is 11.9. The van der Waals surface area contributed by atoms with Gasteiger partial charge in [0.05, 0.1) is 0 Å². The second-order valence-corrected chi connectivity index (χ2v) is 4.42. The zero-order valence-corrected chi connectivity index (χ0v) is 11.4. The van der Waals surface area contributed by atoms with Crippen LogP contribution in [0.15, 0.2) is 18.2 Å². The molecule has 2 N–H and O–H groups in total. The lowest BCUT2D eigenvalue weighted by Gasteiger charge is -2.15. The fraction of sp³-hybridized carbons (Fsp3) is 0.429. The predicted molar refractivity (Wildman–Crippen MR) is 71.8 cm³/mol. The molecule has 1 aromatic rings. The van der Waals surface area contributed by atoms with Gasteiger partial charge in [-0.2, -0.15) is 0 Å². The van der Waals surface area contributed by atoms with Crippen LogP contribution in [-0.4, -0.2) is 31.1 Å². The lowest BCUT2D eigenvalue weighted by atomic mass is 10.0. The monoisotopic (exact) mass is 266 g/mol. The fourth-order valence-electron chi connectivity index (χ4n) is 1.66. The zero-order chi connectivity index (χ0) is 14.4. The number of hydrogen-bond donors (Lipinski definition) is 2. The van der Waals surface area contributed by atoms with Gasteiger partial charge in [0.25, 0.3) is 5.91 Å². The highest BCUT2D eigenvalue weighted by atomic mass is 19.1. The molecule has 4 nitrogen and oxygen atoms in total. The van der Waals surface area contributed by atoms with Crippen molar-refractivity contribution in [1.82, 2.24) is 10.6 Å². The molecule has 1 rings (SSSR count). The van der Waals surface area contributed by atoms with Gasteiger partial charge in [-0.05, 0) is 38.0 Å². The molecule has 19 heavy (non-hydrogen) atoms. The molecule has 0 aliphatic carbocycles. The summed E-state index contributed by atoms with van der Waals surface area (Å²) in [5.41, 5.74) is 2.45. The summed E-state index contributed by atoms with van der Waals surface area (Å²) in [7, 11) is 0. The first-order chi connectivity index (χ1) is 8.97. The fourth-order valence-corrected chi connectivity index (χ4v) is 1.66. The quantitative estimate of drug-likeness (QED) is 0.848. The van der Waals surface area contributed by atoms with E-state index in [1.807, 2.05) is 19.9 Å². The highest BCUT2D eigenvalue weighted by Crippen LogP contribution is 2.12. The molecular weight excluding hydrogens is 247 g/mol. The van der Waals surface area contributed by atoms with Crippen LogP contribution in [0.5, 0.6) is 0 Å². The van der Waals surface area contributed by atoms with E-state index in [4.69, 9.17) is 0 Å². The average molecular weight is 266 g/mol. The third kappa shape index (κ3) is 4.05. The molecule has 0 unspecified atom stereocenters. The molecule has 0 fully saturated rings. The number of rotatable bonds is 5. The SMILES string of the molecule is Cc1cccc(C(=O)N[C@@H](C)C(=O)NCCF)c1C. The van der Waals surface area contributed by atoms with E-state index in [2.05, 4.69) is 10.6 Å². The van der Waals surface area contributed by atoms with Crippen molar-refractivity contribution in [3.63, 3.8) is 0 Å². The van der Waals surface area contributed by atoms with Crippen molar-refractivity contribution in [2.75, 3.05) is 13.2 Å². The Morgan fingerprint density at radius 1 is 1.32 bits per heavy atom. The van der Waals surface area contributed by atoms with Gasteiger partial charge in [0.1, 0.15) is 12.7 Å². The van der Waals surface area contributed by atoms with Crippen molar-refractivity contribution in [2.24, 2.45) is 0 Å². The van der Waals surface area contributed by atoms with E-state index < -0.39 is 18.6 Å². The second-order valence-electron chi connectivity index (χ2n) is 4.42. The normalized spacial score (nSPS) is 11.8. The summed E-state index contributed by atoms with van der Waals surface area (Å²) in [6, 6.07) is 4.73. The molecule has 1 atom stereocenters. The Morgan fingerprint density at radius 3 is 2.63 bits per heavy atom. The second kappa shape index (κ2) is 6.87. The van der Waals surface area contributed by atoms with E-state index in [9.17, 15) is 14.0 Å². The van der Waals surface area contributed by atoms with Crippen LogP contribution in [0, 0.1) is 13.8 Å². The first-order valence-electron chi connectivity index (χ1n) is 6.18. The Kier molecular flexibility index (Phi) is 5.48. The first-order valence-corrected chi connectivity index (χ1v) is 6.18. The van der Waals surface area contributed by atoms with E-state index in [-0.39, 0.29) is 12.5 Å². The van der Waals surface area contributed by atoms with E-state index in [0.29, 0.717) is 5.56 Å². The maximum absolute atomic E-state index is 12.0. The molecule has 0 heterocycles. The van der Waals surface area contributed by atoms with Crippen LogP contribution in [0.25, 0.3) is 0 Å². The number of carbonyl (C=O) groups excluding carboxylic acids is 2. The minimum absolute atomic E-state index is 0.0392. The van der Waals surface area contributed by atoms with Gasteiger partial charge >= 0.3 is 0 Å². The maximum Gasteiger partial charge on any atom is 0.252 e. The van der Waals surface area contributed by atoms with Crippen LogP contribution < -0.4 is 10.6 Å². The topological polar surface area (TPSA) is 58.2 Å². The summed E-state index contributed by atoms with van der Waals surface area (Å²) in [5.74, 6) is -0.694. The molecule has 1 aromatic carbocycles. The van der Waals surface area contributed by atoms with Crippen molar-refractivity contribution >= 4 is 11.8 Å². The van der Waals surface area contributed by atoms with Crippen LogP contribution in [0.4, 0.5) is 4.39 Å². The number of halogens is 1. The number of carbonyl (C=O) groups is 2. The van der Waals surface area contributed by atoms with Crippen LogP contribution in [0.3, 0.4) is 0 Å². The van der Waals surface area contributed by atoms with Gasteiger partial charge in [0.2, 0.25) is 5.91 Å². The summed E-state index contributed by atoms with van der Waals surface area (Å²) in [4.78, 5) is 23.6. The maximum atomic E-state index is 12.0. The first kappa shape index (κ1) is 15.1. The number of hydrogen-bond acceptors (Lipinski definition) is 2. The molecule has 0 radical (unpaired) electrons. The third-order valence-electron chi connectivity index (χ3n) is 2.98. The molecule has 5 heteroatoms. The van der Waals surface area contributed by atoms with Crippen molar-refractivity contribution in [3.8, 4) is 0 Å². The van der Waals surface area contributed by atoms with Crippen molar-refractivity contribution in [2.45, 2.75) is 26.8 Å². The zero-order valence-electron chi connectivity index (χ0n) is 11.4. The summed E-state index contributed by atoms with van der Waals surface area (Å²) in [6.45, 7) is 4.68. The molecule has 0 spiro atoms. The third-order valence-corrected chi connectivity index (χ3v) is 2.98. The lowest BCUT2D eigenvalue weighted by molar-refractivity contribution is -0.122. The lowest BCUT2D eigenvalue weighted by Crippen LogP contribution is -2.45. The van der Waals surface area contributed by atoms with Gasteiger partial charge in [-0.1, -0.05) is 12.1 Å². The molecule has 0 saturated heterocycles. The summed E-state index contributed by atoms with van der Waals surface area (Å²) in [5, 5.41) is 4.99. The minimum Gasteiger partial charge on any atom is -0.352 e. The number of benzene rings is 1. The molecule has 104 valence electrons. The predicted octanol–water partition coefficient (Wildman–Crippen LogP) is 1.51. The molecule has 0 aromatic heterocycles. The number of alkyl halides is 1. The summed E-state index contributed by atoms with van der Waals surface area (Å²) >= 11 is 0. The number of nitrogens with one attached hydrogen (secondary N) is 2. The minimum atomic E-state index is -0.695. The number of aryl methyl sites for hydroxylation is 1. The Balaban J connectivity index is 2.69. The standard InChI is InChI=1S/C14H19FN2O2/c1-9-5-4-6-12(10(9)2)14(19)17-11(3)13(18)16-8-7-15/h4-6,11H,7-8H2,1-3H3,(H,16,18)(H,17,19)/t11-/m0/s1. The van der Waals surface area contributed by atoms with Gasteiger partial charge in [-0.3, -0.25) is 9.59 Å². The van der Waals surface area contributed by atoms with E-state index in [0.717, 1.165) is 11.1 Å². The van der Waals surface area contributed by atoms with Gasteiger partial charge in [0, 0.05) is 12.1 Å². The molecule has 0 bridgehead atoms. The van der Waals surface area contributed by atoms with Crippen LogP contribution in [0.2, 0.25) is 0 Å². The largest absolute Gasteiger partial charge is 0.352 e. The van der Waals surface area contributed by atoms with E-state index >= 15 is 0 Å². The van der Waals surface area contributed by atoms with Crippen molar-refractivity contribution in [3.05, 3.63) is 34.9 Å². The van der Waals surface area contributed by atoms with Gasteiger partial charge in [-0.15, -0.1) is 0 Å². The van der Waals surface area contributed by atoms with Gasteiger partial charge in [-0.25, -0.2) is 4.39 Å². The van der Waals surface area contributed by atoms with E-state index in [1.54, 1.807) is 19.1 Å². The van der Waals surface area contributed by atoms with Gasteiger partial charge < -0.3 is 10.6 Å². The smallest absolute Gasteiger partial charge is 0.252 e. The van der Waals surface area contributed by atoms with Crippen LogP contribution in [-0.2, 0) is 4.79 Å². The Labute approximate surface area is 112 Å². The van der Waals surface area contributed by atoms with Crippen molar-refractivity contribution < 1.29 is 14.0 Å². The molecule has 0 aliphatic rings. The highest BCUT2D eigenvalue weighted by molar-refractivity contribution is 5.98. The highest BCUT2D eigenvalue weighted by Gasteiger charge is 2.17. The molecule has 2 amide bonds. The Hall–Kier alpha value is -1.91. The van der Waals surface area contributed by atoms with Crippen molar-refractivity contribution in [1.29, 1.82) is 0 Å². The molecule has 0 aliphatic heterocycles. The molecule has 0 saturated carbocycles. The van der Waals surface area contributed by atoms with Crippen LogP contribution >= 0.6 is 0 Å². The Morgan fingerprint density at radius 2 is 2.00 bits per heavy atom. The van der Waals surface area contributed by atoms with Crippen LogP contribution in [0.1, 0.15) is 28.4 Å². The Bertz CT molecular complexity index is 475. The van der Waals surface area contributed by atoms with E-state index in [1.165, 1.54) is 0 Å². The number of amides is 2. The van der Waals surface area contributed by atoms with Gasteiger partial charge in [0.15, 0.2) is 0 Å².